The quantitative estimate of drug-likeness (QED) is 0.909. The van der Waals surface area contributed by atoms with Crippen LogP contribution < -0.4 is 5.32 Å². The molecule has 1 aliphatic rings. The first kappa shape index (κ1) is 15.3. The van der Waals surface area contributed by atoms with Gasteiger partial charge in [0.1, 0.15) is 0 Å². The molecule has 0 fully saturated rings. The molecule has 1 aromatic rings. The van der Waals surface area contributed by atoms with Gasteiger partial charge in [0, 0.05) is 25.3 Å². The topological polar surface area (TPSA) is 49.4 Å². The Morgan fingerprint density at radius 1 is 1.35 bits per heavy atom. The van der Waals surface area contributed by atoms with E-state index in [0.29, 0.717) is 23.9 Å². The van der Waals surface area contributed by atoms with Crippen molar-refractivity contribution in [3.8, 4) is 0 Å². The van der Waals surface area contributed by atoms with E-state index in [1.807, 2.05) is 26.8 Å². The molecule has 1 N–H and O–H groups in total. The summed E-state index contributed by atoms with van der Waals surface area (Å²) in [7, 11) is -3.39. The molecule has 0 saturated heterocycles. The molecule has 0 atom stereocenters. The van der Waals surface area contributed by atoms with E-state index in [1.54, 1.807) is 16.4 Å². The number of hydrogen-bond acceptors (Lipinski definition) is 3. The third-order valence-electron chi connectivity index (χ3n) is 3.58. The van der Waals surface area contributed by atoms with E-state index >= 15 is 0 Å². The number of aryl methyl sites for hydroxylation is 1. The number of anilines is 1. The van der Waals surface area contributed by atoms with Crippen molar-refractivity contribution in [2.24, 2.45) is 5.92 Å². The molecule has 1 aromatic carbocycles. The summed E-state index contributed by atoms with van der Waals surface area (Å²) in [6, 6.07) is 5.47. The standard InChI is InChI=1S/C15H24N2O2S/c1-4-17(11-12(2)3)20(18,19)14-8-7-13-6-5-9-16-15(13)10-14/h7-8,10,12,16H,4-6,9,11H2,1-3H3. The molecule has 0 unspecified atom stereocenters. The largest absolute Gasteiger partial charge is 0.385 e. The van der Waals surface area contributed by atoms with Crippen LogP contribution in [0.5, 0.6) is 0 Å². The molecule has 1 aliphatic heterocycles. The number of nitrogens with one attached hydrogen (secondary N) is 1. The van der Waals surface area contributed by atoms with Gasteiger partial charge in [0.25, 0.3) is 0 Å². The zero-order valence-electron chi connectivity index (χ0n) is 12.5. The molecule has 5 heteroatoms. The second-order valence-corrected chi connectivity index (χ2v) is 7.64. The molecule has 2 rings (SSSR count). The summed E-state index contributed by atoms with van der Waals surface area (Å²) in [5.74, 6) is 0.320. The van der Waals surface area contributed by atoms with E-state index in [4.69, 9.17) is 0 Å². The Morgan fingerprint density at radius 3 is 2.75 bits per heavy atom. The molecule has 4 nitrogen and oxygen atoms in total. The summed E-state index contributed by atoms with van der Waals surface area (Å²) >= 11 is 0. The molecular weight excluding hydrogens is 272 g/mol. The second kappa shape index (κ2) is 6.14. The summed E-state index contributed by atoms with van der Waals surface area (Å²) in [6.45, 7) is 7.93. The number of hydrogen-bond donors (Lipinski definition) is 1. The highest BCUT2D eigenvalue weighted by atomic mass is 32.2. The van der Waals surface area contributed by atoms with Crippen LogP contribution in [0.25, 0.3) is 0 Å². The number of benzene rings is 1. The van der Waals surface area contributed by atoms with Crippen LogP contribution in [0.15, 0.2) is 23.1 Å². The SMILES string of the molecule is CCN(CC(C)C)S(=O)(=O)c1ccc2c(c1)NCCC2. The second-order valence-electron chi connectivity index (χ2n) is 5.70. The Labute approximate surface area is 122 Å². The van der Waals surface area contributed by atoms with Crippen molar-refractivity contribution < 1.29 is 8.42 Å². The fourth-order valence-corrected chi connectivity index (χ4v) is 4.19. The lowest BCUT2D eigenvalue weighted by Gasteiger charge is -2.24. The van der Waals surface area contributed by atoms with E-state index in [-0.39, 0.29) is 0 Å². The molecule has 0 spiro atoms. The lowest BCUT2D eigenvalue weighted by atomic mass is 10.0. The molecule has 112 valence electrons. The van der Waals surface area contributed by atoms with Gasteiger partial charge < -0.3 is 5.32 Å². The Kier molecular flexibility index (Phi) is 4.70. The first-order valence-corrected chi connectivity index (χ1v) is 8.76. The minimum atomic E-state index is -3.39. The van der Waals surface area contributed by atoms with Gasteiger partial charge in [-0.3, -0.25) is 0 Å². The van der Waals surface area contributed by atoms with E-state index in [9.17, 15) is 8.42 Å². The first-order valence-electron chi connectivity index (χ1n) is 7.32. The van der Waals surface area contributed by atoms with Crippen molar-refractivity contribution in [3.05, 3.63) is 23.8 Å². The predicted molar refractivity (Wildman–Crippen MR) is 82.5 cm³/mol. The number of sulfonamides is 1. The zero-order chi connectivity index (χ0) is 14.8. The first-order chi connectivity index (χ1) is 9.45. The molecule has 0 bridgehead atoms. The molecule has 0 saturated carbocycles. The van der Waals surface area contributed by atoms with Gasteiger partial charge in [0.05, 0.1) is 4.90 Å². The van der Waals surface area contributed by atoms with Crippen LogP contribution in [0.1, 0.15) is 32.8 Å². The van der Waals surface area contributed by atoms with Crippen molar-refractivity contribution in [2.45, 2.75) is 38.5 Å². The van der Waals surface area contributed by atoms with Crippen LogP contribution in [0.4, 0.5) is 5.69 Å². The summed E-state index contributed by atoms with van der Waals surface area (Å²) < 4.78 is 26.9. The molecule has 0 radical (unpaired) electrons. The van der Waals surface area contributed by atoms with E-state index in [2.05, 4.69) is 5.32 Å². The van der Waals surface area contributed by atoms with Gasteiger partial charge in [-0.05, 0) is 36.5 Å². The number of rotatable bonds is 5. The fourth-order valence-electron chi connectivity index (χ4n) is 2.55. The minimum Gasteiger partial charge on any atom is -0.385 e. The average Bonchev–Trinajstić information content (AvgIpc) is 2.43. The Bertz CT molecular complexity index is 567. The Morgan fingerprint density at radius 2 is 2.10 bits per heavy atom. The smallest absolute Gasteiger partial charge is 0.243 e. The fraction of sp³-hybridized carbons (Fsp3) is 0.600. The van der Waals surface area contributed by atoms with Crippen LogP contribution in [-0.2, 0) is 16.4 Å². The molecule has 0 amide bonds. The van der Waals surface area contributed by atoms with Crippen molar-refractivity contribution in [1.82, 2.24) is 4.31 Å². The maximum atomic E-state index is 12.7. The van der Waals surface area contributed by atoms with Gasteiger partial charge in [-0.1, -0.05) is 26.8 Å². The highest BCUT2D eigenvalue weighted by Crippen LogP contribution is 2.27. The van der Waals surface area contributed by atoms with Crippen LogP contribution in [-0.4, -0.2) is 32.4 Å². The van der Waals surface area contributed by atoms with Crippen molar-refractivity contribution in [1.29, 1.82) is 0 Å². The lowest BCUT2D eigenvalue weighted by Crippen LogP contribution is -2.34. The molecule has 0 aromatic heterocycles. The van der Waals surface area contributed by atoms with E-state index in [0.717, 1.165) is 25.1 Å². The van der Waals surface area contributed by atoms with Crippen molar-refractivity contribution in [2.75, 3.05) is 25.0 Å². The maximum Gasteiger partial charge on any atom is 0.243 e. The average molecular weight is 296 g/mol. The Hall–Kier alpha value is -1.07. The Balaban J connectivity index is 2.33. The van der Waals surface area contributed by atoms with Crippen LogP contribution in [0, 0.1) is 5.92 Å². The van der Waals surface area contributed by atoms with Gasteiger partial charge in [-0.25, -0.2) is 8.42 Å². The highest BCUT2D eigenvalue weighted by molar-refractivity contribution is 7.89. The van der Waals surface area contributed by atoms with Crippen LogP contribution in [0.2, 0.25) is 0 Å². The van der Waals surface area contributed by atoms with Gasteiger partial charge in [-0.2, -0.15) is 4.31 Å². The molecule has 1 heterocycles. The third-order valence-corrected chi connectivity index (χ3v) is 5.52. The van der Waals surface area contributed by atoms with Gasteiger partial charge in [0.15, 0.2) is 0 Å². The van der Waals surface area contributed by atoms with Gasteiger partial charge in [-0.15, -0.1) is 0 Å². The predicted octanol–water partition coefficient (Wildman–Crippen LogP) is 2.71. The van der Waals surface area contributed by atoms with Crippen LogP contribution >= 0.6 is 0 Å². The summed E-state index contributed by atoms with van der Waals surface area (Å²) in [5, 5.41) is 3.29. The summed E-state index contributed by atoms with van der Waals surface area (Å²) in [5.41, 5.74) is 2.18. The van der Waals surface area contributed by atoms with Crippen LogP contribution in [0.3, 0.4) is 0 Å². The molecule has 0 aliphatic carbocycles. The molecule has 20 heavy (non-hydrogen) atoms. The monoisotopic (exact) mass is 296 g/mol. The lowest BCUT2D eigenvalue weighted by molar-refractivity contribution is 0.381. The molecular formula is C15H24N2O2S. The highest BCUT2D eigenvalue weighted by Gasteiger charge is 2.24. The third kappa shape index (κ3) is 3.15. The normalized spacial score (nSPS) is 15.2. The van der Waals surface area contributed by atoms with E-state index in [1.165, 1.54) is 5.56 Å². The summed E-state index contributed by atoms with van der Waals surface area (Å²) in [4.78, 5) is 0.396. The van der Waals surface area contributed by atoms with E-state index < -0.39 is 10.0 Å². The van der Waals surface area contributed by atoms with Gasteiger partial charge in [0.2, 0.25) is 10.0 Å². The van der Waals surface area contributed by atoms with Gasteiger partial charge >= 0.3 is 0 Å². The van der Waals surface area contributed by atoms with Crippen molar-refractivity contribution >= 4 is 15.7 Å². The minimum absolute atomic E-state index is 0.320. The maximum absolute atomic E-state index is 12.7. The van der Waals surface area contributed by atoms with Crippen molar-refractivity contribution in [3.63, 3.8) is 0 Å². The zero-order valence-corrected chi connectivity index (χ0v) is 13.3. The number of fused-ring (bicyclic) bond motifs is 1. The summed E-state index contributed by atoms with van der Waals surface area (Å²) in [6.07, 6.45) is 2.12. The number of nitrogens with zero attached hydrogens (tertiary/aromatic N) is 1.